The van der Waals surface area contributed by atoms with E-state index in [0.717, 1.165) is 42.5 Å². The quantitative estimate of drug-likeness (QED) is 0.470. The number of hydrogen-bond donors (Lipinski definition) is 2. The van der Waals surface area contributed by atoms with Gasteiger partial charge in [-0.1, -0.05) is 39.0 Å². The van der Waals surface area contributed by atoms with Crippen LogP contribution in [0, 0.1) is 5.41 Å². The van der Waals surface area contributed by atoms with Crippen LogP contribution in [0.4, 0.5) is 5.69 Å². The van der Waals surface area contributed by atoms with Gasteiger partial charge in [0.05, 0.1) is 36.2 Å². The molecule has 5 heterocycles. The third kappa shape index (κ3) is 5.72. The van der Waals surface area contributed by atoms with Crippen molar-refractivity contribution in [2.24, 2.45) is 5.41 Å². The molecule has 3 unspecified atom stereocenters. The lowest BCUT2D eigenvalue weighted by atomic mass is 9.81. The number of aromatic amines is 1. The van der Waals surface area contributed by atoms with Crippen LogP contribution in [0.3, 0.4) is 0 Å². The fraction of sp³-hybridized carbons (Fsp3) is 0.515. The maximum Gasteiger partial charge on any atom is 0.272 e. The number of amides is 3. The molecule has 2 N–H and O–H groups in total. The van der Waals surface area contributed by atoms with E-state index in [9.17, 15) is 14.4 Å². The summed E-state index contributed by atoms with van der Waals surface area (Å²) >= 11 is 0. The van der Waals surface area contributed by atoms with E-state index >= 15 is 0 Å². The first-order valence-corrected chi connectivity index (χ1v) is 15.4. The summed E-state index contributed by atoms with van der Waals surface area (Å²) in [6, 6.07) is 12.4. The fourth-order valence-electron chi connectivity index (χ4n) is 6.78. The summed E-state index contributed by atoms with van der Waals surface area (Å²) in [5.41, 5.74) is 2.20. The van der Waals surface area contributed by atoms with Crippen molar-refractivity contribution in [2.75, 3.05) is 31.1 Å². The van der Waals surface area contributed by atoms with Crippen molar-refractivity contribution < 1.29 is 19.1 Å². The average molecular weight is 587 g/mol. The van der Waals surface area contributed by atoms with E-state index in [1.54, 1.807) is 6.20 Å². The highest BCUT2D eigenvalue weighted by atomic mass is 16.5. The largest absolute Gasteiger partial charge is 0.372 e. The molecule has 3 saturated heterocycles. The summed E-state index contributed by atoms with van der Waals surface area (Å²) in [5.74, 6) is -0.516. The number of likely N-dealkylation sites (tertiary alicyclic amines) is 2. The zero-order valence-electron chi connectivity index (χ0n) is 25.7. The van der Waals surface area contributed by atoms with E-state index in [2.05, 4.69) is 34.0 Å². The predicted octanol–water partition coefficient (Wildman–Crippen LogP) is 3.84. The van der Waals surface area contributed by atoms with Crippen LogP contribution in [0.1, 0.15) is 68.4 Å². The number of ether oxygens (including phenoxy) is 1. The molecular weight excluding hydrogens is 544 g/mol. The molecule has 3 aliphatic rings. The molecule has 2 aromatic heterocycles. The van der Waals surface area contributed by atoms with Crippen LogP contribution in [-0.4, -0.2) is 94.0 Å². The average Bonchev–Trinajstić information content (AvgIpc) is 3.39. The Morgan fingerprint density at radius 3 is 2.42 bits per heavy atom. The summed E-state index contributed by atoms with van der Waals surface area (Å²) in [6.45, 7) is 12.7. The van der Waals surface area contributed by atoms with Gasteiger partial charge in [0.1, 0.15) is 17.4 Å². The lowest BCUT2D eigenvalue weighted by Crippen LogP contribution is -2.73. The van der Waals surface area contributed by atoms with Gasteiger partial charge in [-0.05, 0) is 56.4 Å². The van der Waals surface area contributed by atoms with Gasteiger partial charge in [0.2, 0.25) is 5.91 Å². The molecule has 0 saturated carbocycles. The molecule has 1 aromatic carbocycles. The van der Waals surface area contributed by atoms with Gasteiger partial charge in [-0.25, -0.2) is 4.98 Å². The highest BCUT2D eigenvalue weighted by Gasteiger charge is 2.51. The molecule has 5 atom stereocenters. The Kier molecular flexibility index (Phi) is 7.66. The van der Waals surface area contributed by atoms with Crippen LogP contribution in [0.5, 0.6) is 0 Å². The summed E-state index contributed by atoms with van der Waals surface area (Å²) in [4.78, 5) is 54.5. The van der Waals surface area contributed by atoms with Gasteiger partial charge < -0.3 is 29.7 Å². The molecule has 0 radical (unpaired) electrons. The lowest BCUT2D eigenvalue weighted by Gasteiger charge is -2.56. The van der Waals surface area contributed by atoms with Gasteiger partial charge >= 0.3 is 0 Å². The first-order chi connectivity index (χ1) is 20.5. The number of piperidine rings is 1. The molecule has 10 nitrogen and oxygen atoms in total. The molecule has 228 valence electrons. The number of anilines is 1. The van der Waals surface area contributed by atoms with E-state index in [-0.39, 0.29) is 42.0 Å². The van der Waals surface area contributed by atoms with Crippen molar-refractivity contribution in [1.29, 1.82) is 0 Å². The number of carbonyl (C=O) groups excluding carboxylic acids is 3. The van der Waals surface area contributed by atoms with Gasteiger partial charge in [0.15, 0.2) is 0 Å². The normalized spacial score (nSPS) is 24.7. The molecule has 10 heteroatoms. The van der Waals surface area contributed by atoms with Crippen LogP contribution in [0.25, 0.3) is 10.9 Å². The third-order valence-electron chi connectivity index (χ3n) is 8.99. The summed E-state index contributed by atoms with van der Waals surface area (Å²) in [6.07, 6.45) is 3.69. The number of hydrogen-bond acceptors (Lipinski definition) is 6. The highest BCUT2D eigenvalue weighted by Crippen LogP contribution is 2.35. The van der Waals surface area contributed by atoms with Gasteiger partial charge in [-0.15, -0.1) is 0 Å². The number of H-pyrrole nitrogens is 1. The van der Waals surface area contributed by atoms with Crippen molar-refractivity contribution in [3.05, 3.63) is 60.0 Å². The summed E-state index contributed by atoms with van der Waals surface area (Å²) < 4.78 is 5.84. The summed E-state index contributed by atoms with van der Waals surface area (Å²) in [5, 5.41) is 3.96. The zero-order chi connectivity index (χ0) is 30.5. The van der Waals surface area contributed by atoms with Gasteiger partial charge in [0.25, 0.3) is 11.8 Å². The van der Waals surface area contributed by atoms with E-state index in [0.29, 0.717) is 24.5 Å². The lowest BCUT2D eigenvalue weighted by molar-refractivity contribution is -0.152. The maximum atomic E-state index is 13.9. The van der Waals surface area contributed by atoms with Crippen LogP contribution >= 0.6 is 0 Å². The second-order valence-corrected chi connectivity index (χ2v) is 13.4. The molecule has 3 aliphatic heterocycles. The van der Waals surface area contributed by atoms with E-state index in [1.165, 1.54) is 0 Å². The van der Waals surface area contributed by atoms with Crippen molar-refractivity contribution in [3.63, 3.8) is 0 Å². The minimum atomic E-state index is -0.710. The number of rotatable bonds is 5. The Hall–Kier alpha value is -3.92. The van der Waals surface area contributed by atoms with Gasteiger partial charge in [-0.3, -0.25) is 14.4 Å². The molecular formula is C33H42N6O4. The van der Waals surface area contributed by atoms with Crippen molar-refractivity contribution >= 4 is 34.3 Å². The van der Waals surface area contributed by atoms with Crippen molar-refractivity contribution in [1.82, 2.24) is 25.1 Å². The third-order valence-corrected chi connectivity index (χ3v) is 8.99. The van der Waals surface area contributed by atoms with Crippen molar-refractivity contribution in [3.8, 4) is 0 Å². The van der Waals surface area contributed by atoms with Crippen LogP contribution < -0.4 is 10.2 Å². The highest BCUT2D eigenvalue weighted by molar-refractivity contribution is 6.00. The number of para-hydroxylation sites is 1. The molecule has 3 fully saturated rings. The van der Waals surface area contributed by atoms with Crippen LogP contribution in [-0.2, 0) is 9.53 Å². The van der Waals surface area contributed by atoms with Crippen molar-refractivity contribution in [2.45, 2.75) is 77.8 Å². The number of aromatic nitrogens is 2. The van der Waals surface area contributed by atoms with Crippen LogP contribution in [0.2, 0.25) is 0 Å². The number of benzene rings is 1. The SMILES string of the molecule is CC1CN(c2ccc(C(=O)N3CCCC4[C@H]3CN4C(=O)[C@@H](NC(=O)c3cc4ccccc4[nH]3)C(C)(C)C)nc2)CC(C)O1. The molecule has 43 heavy (non-hydrogen) atoms. The Morgan fingerprint density at radius 2 is 1.74 bits per heavy atom. The number of carbonyl (C=O) groups is 3. The topological polar surface area (TPSA) is 111 Å². The van der Waals surface area contributed by atoms with E-state index in [4.69, 9.17) is 4.74 Å². The Labute approximate surface area is 252 Å². The number of nitrogens with one attached hydrogen (secondary N) is 2. The molecule has 3 amide bonds. The fourth-order valence-corrected chi connectivity index (χ4v) is 6.78. The minimum absolute atomic E-state index is 0.0577. The molecule has 0 aliphatic carbocycles. The Morgan fingerprint density at radius 1 is 1.00 bits per heavy atom. The van der Waals surface area contributed by atoms with Crippen LogP contribution in [0.15, 0.2) is 48.7 Å². The number of morpholine rings is 1. The predicted molar refractivity (Wildman–Crippen MR) is 165 cm³/mol. The Balaban J connectivity index is 1.12. The monoisotopic (exact) mass is 586 g/mol. The number of pyridine rings is 1. The summed E-state index contributed by atoms with van der Waals surface area (Å²) in [7, 11) is 0. The molecule has 0 spiro atoms. The first-order valence-electron chi connectivity index (χ1n) is 15.4. The zero-order valence-corrected chi connectivity index (χ0v) is 25.7. The molecule has 3 aromatic rings. The first kappa shape index (κ1) is 29.2. The number of nitrogens with zero attached hydrogens (tertiary/aromatic N) is 4. The maximum absolute atomic E-state index is 13.9. The van der Waals surface area contributed by atoms with E-state index < -0.39 is 11.5 Å². The minimum Gasteiger partial charge on any atom is -0.372 e. The second-order valence-electron chi connectivity index (χ2n) is 13.4. The smallest absolute Gasteiger partial charge is 0.272 e. The molecule has 0 bridgehead atoms. The number of fused-ring (bicyclic) bond motifs is 2. The molecule has 6 rings (SSSR count). The van der Waals surface area contributed by atoms with Gasteiger partial charge in [-0.2, -0.15) is 0 Å². The van der Waals surface area contributed by atoms with E-state index in [1.807, 2.05) is 73.0 Å². The Bertz CT molecular complexity index is 1470. The van der Waals surface area contributed by atoms with Gasteiger partial charge in [0, 0.05) is 37.1 Å². The second kappa shape index (κ2) is 11.3. The standard InChI is InChI=1S/C33H42N6O4/c1-20-17-37(18-21(2)43-20)23-12-13-25(34-16-23)31(41)38-14-8-11-27-28(38)19-39(27)32(42)29(33(3,4)5)36-30(40)26-15-22-9-6-7-10-24(22)35-26/h6-7,9-10,12-13,15-16,20-21,27-29,35H,8,11,14,17-19H2,1-5H3,(H,36,40)/t20?,21?,27?,28-,29-/m1/s1.